The summed E-state index contributed by atoms with van der Waals surface area (Å²) in [6.45, 7) is 5.77. The summed E-state index contributed by atoms with van der Waals surface area (Å²) in [6, 6.07) is 15.7. The van der Waals surface area contributed by atoms with Gasteiger partial charge in [-0.1, -0.05) is 57.4 Å². The van der Waals surface area contributed by atoms with E-state index >= 15 is 0 Å². The van der Waals surface area contributed by atoms with Crippen LogP contribution in [0.5, 0.6) is 0 Å². The van der Waals surface area contributed by atoms with E-state index in [9.17, 15) is 0 Å². The normalized spacial score (nSPS) is 13.0. The van der Waals surface area contributed by atoms with Gasteiger partial charge < -0.3 is 4.57 Å². The summed E-state index contributed by atoms with van der Waals surface area (Å²) in [5.74, 6) is 0.768. The van der Waals surface area contributed by atoms with Gasteiger partial charge in [-0.05, 0) is 35.9 Å². The highest BCUT2D eigenvalue weighted by Gasteiger charge is 2.17. The van der Waals surface area contributed by atoms with Crippen LogP contribution in [0.4, 0.5) is 0 Å². The molecule has 3 heterocycles. The molecule has 4 aromatic rings. The Hall–Kier alpha value is -1.58. The molecule has 0 aliphatic rings. The van der Waals surface area contributed by atoms with Crippen molar-refractivity contribution in [3.05, 3.63) is 47.8 Å². The molecule has 25 heavy (non-hydrogen) atoms. The van der Waals surface area contributed by atoms with Crippen LogP contribution in [-0.4, -0.2) is 4.57 Å². The number of unbranched alkanes of at least 4 members (excludes halogenated alkanes) is 1. The second-order valence-electron chi connectivity index (χ2n) is 6.85. The van der Waals surface area contributed by atoms with Crippen LogP contribution in [0.1, 0.15) is 39.5 Å². The first-order chi connectivity index (χ1) is 12.3. The quantitative estimate of drug-likeness (QED) is 0.314. The van der Waals surface area contributed by atoms with Gasteiger partial charge >= 0.3 is 0 Å². The number of para-hydroxylation sites is 1. The van der Waals surface area contributed by atoms with Crippen LogP contribution in [0.2, 0.25) is 0 Å². The summed E-state index contributed by atoms with van der Waals surface area (Å²) in [6.07, 6.45) is 5.23. The lowest BCUT2D eigenvalue weighted by atomic mass is 9.99. The van der Waals surface area contributed by atoms with Gasteiger partial charge in [0, 0.05) is 27.2 Å². The van der Waals surface area contributed by atoms with Crippen molar-refractivity contribution < 1.29 is 0 Å². The zero-order chi connectivity index (χ0) is 17.2. The first-order valence-corrected chi connectivity index (χ1v) is 11.1. The minimum absolute atomic E-state index is 0.768. The number of benzene rings is 1. The van der Waals surface area contributed by atoms with Gasteiger partial charge in [0.05, 0.1) is 10.2 Å². The second kappa shape index (κ2) is 7.35. The summed E-state index contributed by atoms with van der Waals surface area (Å²) in [4.78, 5) is 2.79. The summed E-state index contributed by atoms with van der Waals surface area (Å²) in [5, 5.41) is 3.58. The summed E-state index contributed by atoms with van der Waals surface area (Å²) < 4.78 is 4.03. The van der Waals surface area contributed by atoms with Crippen molar-refractivity contribution in [3.8, 4) is 9.75 Å². The molecule has 0 amide bonds. The zero-order valence-corrected chi connectivity index (χ0v) is 16.6. The van der Waals surface area contributed by atoms with Gasteiger partial charge in [-0.3, -0.25) is 0 Å². The topological polar surface area (TPSA) is 4.93 Å². The van der Waals surface area contributed by atoms with E-state index in [4.69, 9.17) is 0 Å². The fourth-order valence-electron chi connectivity index (χ4n) is 3.72. The number of nitrogens with zero attached hydrogens (tertiary/aromatic N) is 1. The van der Waals surface area contributed by atoms with E-state index in [1.807, 2.05) is 22.7 Å². The summed E-state index contributed by atoms with van der Waals surface area (Å²) in [7, 11) is 0. The van der Waals surface area contributed by atoms with E-state index in [0.717, 1.165) is 12.5 Å². The zero-order valence-electron chi connectivity index (χ0n) is 15.0. The Kier molecular flexibility index (Phi) is 4.96. The number of rotatable bonds is 7. The van der Waals surface area contributed by atoms with E-state index in [1.54, 1.807) is 0 Å². The Bertz CT molecular complexity index is 959. The average Bonchev–Trinajstić information content (AvgIpc) is 3.35. The molecule has 1 nitrogen and oxygen atoms in total. The lowest BCUT2D eigenvalue weighted by molar-refractivity contribution is 0.401. The number of hydrogen-bond acceptors (Lipinski definition) is 2. The molecule has 1 aromatic carbocycles. The van der Waals surface area contributed by atoms with Gasteiger partial charge in [-0.15, -0.1) is 22.7 Å². The van der Waals surface area contributed by atoms with Crippen molar-refractivity contribution in [3.63, 3.8) is 0 Å². The molecule has 1 unspecified atom stereocenters. The van der Waals surface area contributed by atoms with E-state index in [2.05, 4.69) is 66.3 Å². The fraction of sp³-hybridized carbons (Fsp3) is 0.364. The highest BCUT2D eigenvalue weighted by molar-refractivity contribution is 7.26. The van der Waals surface area contributed by atoms with Crippen LogP contribution in [0.3, 0.4) is 0 Å². The molecule has 0 fully saturated rings. The minimum Gasteiger partial charge on any atom is -0.339 e. The molecular formula is C22H25NS2. The average molecular weight is 368 g/mol. The third kappa shape index (κ3) is 3.16. The largest absolute Gasteiger partial charge is 0.339 e. The maximum atomic E-state index is 2.59. The van der Waals surface area contributed by atoms with Gasteiger partial charge in [-0.25, -0.2) is 0 Å². The van der Waals surface area contributed by atoms with E-state index in [1.165, 1.54) is 56.6 Å². The lowest BCUT2D eigenvalue weighted by Crippen LogP contribution is -2.09. The fourth-order valence-corrected chi connectivity index (χ4v) is 5.74. The molecule has 0 aliphatic heterocycles. The minimum atomic E-state index is 0.768. The highest BCUT2D eigenvalue weighted by atomic mass is 32.1. The third-order valence-corrected chi connectivity index (χ3v) is 7.41. The van der Waals surface area contributed by atoms with Crippen LogP contribution in [-0.2, 0) is 6.54 Å². The van der Waals surface area contributed by atoms with Gasteiger partial charge in [0.15, 0.2) is 0 Å². The van der Waals surface area contributed by atoms with Crippen LogP contribution < -0.4 is 0 Å². The third-order valence-electron chi connectivity index (χ3n) is 5.19. The lowest BCUT2D eigenvalue weighted by Gasteiger charge is -2.17. The van der Waals surface area contributed by atoms with Crippen molar-refractivity contribution in [2.24, 2.45) is 5.92 Å². The Morgan fingerprint density at radius 1 is 1.00 bits per heavy atom. The molecule has 130 valence electrons. The predicted molar refractivity (Wildman–Crippen MR) is 114 cm³/mol. The van der Waals surface area contributed by atoms with Crippen LogP contribution in [0.25, 0.3) is 30.9 Å². The first kappa shape index (κ1) is 16.9. The van der Waals surface area contributed by atoms with Gasteiger partial charge in [0.2, 0.25) is 0 Å². The maximum Gasteiger partial charge on any atom is 0.0607 e. The van der Waals surface area contributed by atoms with Crippen molar-refractivity contribution in [1.29, 1.82) is 0 Å². The molecule has 3 aromatic heterocycles. The maximum absolute atomic E-state index is 2.59. The Balaban J connectivity index is 1.82. The smallest absolute Gasteiger partial charge is 0.0607 e. The van der Waals surface area contributed by atoms with E-state index in [-0.39, 0.29) is 0 Å². The molecule has 1 atom stereocenters. The molecule has 0 saturated carbocycles. The highest BCUT2D eigenvalue weighted by Crippen LogP contribution is 2.41. The molecule has 0 aliphatic carbocycles. The predicted octanol–water partition coefficient (Wildman–Crippen LogP) is 7.80. The molecule has 0 bridgehead atoms. The van der Waals surface area contributed by atoms with Crippen LogP contribution >= 0.6 is 22.7 Å². The van der Waals surface area contributed by atoms with Crippen LogP contribution in [0.15, 0.2) is 47.8 Å². The van der Waals surface area contributed by atoms with Crippen molar-refractivity contribution in [1.82, 2.24) is 4.57 Å². The molecular weight excluding hydrogens is 342 g/mol. The number of hydrogen-bond donors (Lipinski definition) is 0. The molecule has 0 saturated heterocycles. The molecule has 3 heteroatoms. The standard InChI is InChI=1S/C22H25NS2/c1-3-5-9-16(4-2)15-23-18-11-7-6-10-17(18)22-19(23)14-21(25-22)20-12-8-13-24-20/h6-8,10-14,16H,3-5,9,15H2,1-2H3. The molecule has 0 spiro atoms. The SMILES string of the molecule is CCCCC(CC)Cn1c2ccccc2c2sc(-c3cccs3)cc21. The van der Waals surface area contributed by atoms with Crippen LogP contribution in [0, 0.1) is 5.92 Å². The van der Waals surface area contributed by atoms with Crippen molar-refractivity contribution in [2.45, 2.75) is 46.1 Å². The number of aromatic nitrogens is 1. The summed E-state index contributed by atoms with van der Waals surface area (Å²) >= 11 is 3.78. The summed E-state index contributed by atoms with van der Waals surface area (Å²) in [5.41, 5.74) is 2.82. The van der Waals surface area contributed by atoms with Crippen molar-refractivity contribution in [2.75, 3.05) is 0 Å². The number of fused-ring (bicyclic) bond motifs is 3. The van der Waals surface area contributed by atoms with Gasteiger partial charge in [-0.2, -0.15) is 0 Å². The molecule has 0 radical (unpaired) electrons. The van der Waals surface area contributed by atoms with E-state index < -0.39 is 0 Å². The monoisotopic (exact) mass is 367 g/mol. The van der Waals surface area contributed by atoms with Gasteiger partial charge in [0.1, 0.15) is 0 Å². The van der Waals surface area contributed by atoms with Gasteiger partial charge in [0.25, 0.3) is 0 Å². The number of thiophene rings is 2. The first-order valence-electron chi connectivity index (χ1n) is 9.36. The van der Waals surface area contributed by atoms with E-state index in [0.29, 0.717) is 0 Å². The second-order valence-corrected chi connectivity index (χ2v) is 8.85. The Morgan fingerprint density at radius 3 is 2.64 bits per heavy atom. The molecule has 0 N–H and O–H groups in total. The Morgan fingerprint density at radius 2 is 1.88 bits per heavy atom. The molecule has 4 rings (SSSR count). The van der Waals surface area contributed by atoms with Crippen molar-refractivity contribution >= 4 is 43.8 Å². The Labute approximate surface area is 157 Å².